The summed E-state index contributed by atoms with van der Waals surface area (Å²) >= 11 is 9.49. The van der Waals surface area contributed by atoms with Crippen molar-refractivity contribution in [1.29, 1.82) is 0 Å². The molecule has 0 saturated carbocycles. The van der Waals surface area contributed by atoms with Crippen molar-refractivity contribution in [3.8, 4) is 0 Å². The van der Waals surface area contributed by atoms with Gasteiger partial charge in [-0.05, 0) is 41.4 Å². The van der Waals surface area contributed by atoms with Crippen LogP contribution in [0.15, 0.2) is 16.7 Å². The van der Waals surface area contributed by atoms with E-state index in [2.05, 4.69) is 36.8 Å². The van der Waals surface area contributed by atoms with Crippen molar-refractivity contribution in [2.45, 2.75) is 24.8 Å². The molecule has 0 N–H and O–H groups in total. The van der Waals surface area contributed by atoms with Gasteiger partial charge in [0.05, 0.1) is 5.88 Å². The molecule has 1 unspecified atom stereocenters. The van der Waals surface area contributed by atoms with Gasteiger partial charge in [-0.25, -0.2) is 4.98 Å². The first kappa shape index (κ1) is 12.7. The summed E-state index contributed by atoms with van der Waals surface area (Å²) in [6, 6.07) is 2.79. The fraction of sp³-hybridized carbons (Fsp3) is 0.615. The Morgan fingerprint density at radius 1 is 1.39 bits per heavy atom. The van der Waals surface area contributed by atoms with Crippen LogP contribution in [0.2, 0.25) is 0 Å². The van der Waals surface area contributed by atoms with E-state index >= 15 is 0 Å². The number of hydrogen-bond acceptors (Lipinski definition) is 3. The summed E-state index contributed by atoms with van der Waals surface area (Å²) in [4.78, 5) is 9.57. The molecule has 3 rings (SSSR count). The Morgan fingerprint density at radius 2 is 2.28 bits per heavy atom. The van der Waals surface area contributed by atoms with Gasteiger partial charge in [0.25, 0.3) is 0 Å². The third kappa shape index (κ3) is 2.38. The highest BCUT2D eigenvalue weighted by molar-refractivity contribution is 9.10. The molecule has 2 aliphatic heterocycles. The molecule has 3 nitrogen and oxygen atoms in total. The molecule has 0 aliphatic carbocycles. The van der Waals surface area contributed by atoms with Crippen LogP contribution in [0.3, 0.4) is 0 Å². The lowest BCUT2D eigenvalue weighted by atomic mass is 10.1. The molecular weight excluding hydrogens is 314 g/mol. The van der Waals surface area contributed by atoms with Crippen LogP contribution in [0.1, 0.15) is 18.4 Å². The zero-order valence-electron chi connectivity index (χ0n) is 10.3. The van der Waals surface area contributed by atoms with Crippen molar-refractivity contribution >= 4 is 33.3 Å². The quantitative estimate of drug-likeness (QED) is 0.777. The van der Waals surface area contributed by atoms with Crippen molar-refractivity contribution in [3.05, 3.63) is 22.3 Å². The lowest BCUT2D eigenvalue weighted by Gasteiger charge is -2.38. The van der Waals surface area contributed by atoms with Gasteiger partial charge >= 0.3 is 0 Å². The van der Waals surface area contributed by atoms with Gasteiger partial charge in [-0.3, -0.25) is 4.90 Å². The molecule has 0 spiro atoms. The van der Waals surface area contributed by atoms with Crippen molar-refractivity contribution in [2.24, 2.45) is 0 Å². The molecule has 2 fully saturated rings. The molecule has 2 saturated heterocycles. The minimum Gasteiger partial charge on any atom is -0.354 e. The van der Waals surface area contributed by atoms with Gasteiger partial charge in [0.1, 0.15) is 5.82 Å². The smallest absolute Gasteiger partial charge is 0.133 e. The number of alkyl halides is 1. The molecule has 18 heavy (non-hydrogen) atoms. The van der Waals surface area contributed by atoms with Crippen molar-refractivity contribution < 1.29 is 0 Å². The number of nitrogens with zero attached hydrogens (tertiary/aromatic N) is 3. The Kier molecular flexibility index (Phi) is 3.78. The van der Waals surface area contributed by atoms with Crippen molar-refractivity contribution in [3.63, 3.8) is 0 Å². The van der Waals surface area contributed by atoms with Gasteiger partial charge in [-0.2, -0.15) is 0 Å². The van der Waals surface area contributed by atoms with Gasteiger partial charge < -0.3 is 4.90 Å². The fourth-order valence-electron chi connectivity index (χ4n) is 3.04. The molecule has 1 atom stereocenters. The normalized spacial score (nSPS) is 24.3. The SMILES string of the molecule is ClCc1cc(Br)cnc1N1CCN2CCCC2C1. The average Bonchev–Trinajstić information content (AvgIpc) is 2.85. The Morgan fingerprint density at radius 3 is 3.11 bits per heavy atom. The minimum atomic E-state index is 0.520. The molecule has 3 heterocycles. The molecule has 2 aliphatic rings. The van der Waals surface area contributed by atoms with Crippen LogP contribution in [0, 0.1) is 0 Å². The van der Waals surface area contributed by atoms with Crippen molar-refractivity contribution in [2.75, 3.05) is 31.1 Å². The van der Waals surface area contributed by atoms with Gasteiger partial charge in [0, 0.05) is 41.9 Å². The molecule has 0 aromatic carbocycles. The van der Waals surface area contributed by atoms with E-state index < -0.39 is 0 Å². The van der Waals surface area contributed by atoms with E-state index in [0.717, 1.165) is 35.5 Å². The van der Waals surface area contributed by atoms with E-state index in [9.17, 15) is 0 Å². The van der Waals surface area contributed by atoms with Crippen LogP contribution < -0.4 is 4.90 Å². The number of pyridine rings is 1. The Labute approximate surface area is 121 Å². The van der Waals surface area contributed by atoms with E-state index in [1.807, 2.05) is 6.20 Å². The highest BCUT2D eigenvalue weighted by atomic mass is 79.9. The van der Waals surface area contributed by atoms with E-state index in [1.54, 1.807) is 0 Å². The molecule has 1 aromatic heterocycles. The molecule has 0 radical (unpaired) electrons. The first-order chi connectivity index (χ1) is 8.78. The van der Waals surface area contributed by atoms with Crippen LogP contribution in [0.4, 0.5) is 5.82 Å². The largest absolute Gasteiger partial charge is 0.354 e. The molecule has 0 bridgehead atoms. The summed E-state index contributed by atoms with van der Waals surface area (Å²) in [6.07, 6.45) is 4.53. The van der Waals surface area contributed by atoms with Gasteiger partial charge in [-0.15, -0.1) is 11.6 Å². The monoisotopic (exact) mass is 329 g/mol. The fourth-order valence-corrected chi connectivity index (χ4v) is 3.62. The maximum atomic E-state index is 6.04. The molecular formula is C13H17BrClN3. The third-order valence-electron chi connectivity index (χ3n) is 3.94. The van der Waals surface area contributed by atoms with Crippen LogP contribution in [-0.4, -0.2) is 42.1 Å². The van der Waals surface area contributed by atoms with Gasteiger partial charge in [0.2, 0.25) is 0 Å². The number of piperazine rings is 1. The average molecular weight is 331 g/mol. The molecule has 98 valence electrons. The second-order valence-corrected chi connectivity index (χ2v) is 6.23. The number of aromatic nitrogens is 1. The Bertz CT molecular complexity index is 440. The predicted octanol–water partition coefficient (Wildman–Crippen LogP) is 2.87. The van der Waals surface area contributed by atoms with Gasteiger partial charge in [0.15, 0.2) is 0 Å². The molecule has 5 heteroatoms. The summed E-state index contributed by atoms with van der Waals surface area (Å²) < 4.78 is 1.00. The minimum absolute atomic E-state index is 0.520. The first-order valence-corrected chi connectivity index (χ1v) is 7.80. The van der Waals surface area contributed by atoms with Crippen LogP contribution in [-0.2, 0) is 5.88 Å². The van der Waals surface area contributed by atoms with E-state index in [4.69, 9.17) is 11.6 Å². The highest BCUT2D eigenvalue weighted by Crippen LogP contribution is 2.28. The number of fused-ring (bicyclic) bond motifs is 1. The number of anilines is 1. The number of halogens is 2. The zero-order valence-corrected chi connectivity index (χ0v) is 12.6. The van der Waals surface area contributed by atoms with Crippen LogP contribution in [0.25, 0.3) is 0 Å². The summed E-state index contributed by atoms with van der Waals surface area (Å²) in [5.74, 6) is 1.59. The maximum absolute atomic E-state index is 6.04. The number of rotatable bonds is 2. The first-order valence-electron chi connectivity index (χ1n) is 6.47. The lowest BCUT2D eigenvalue weighted by Crippen LogP contribution is -2.50. The summed E-state index contributed by atoms with van der Waals surface area (Å²) in [7, 11) is 0. The van der Waals surface area contributed by atoms with E-state index in [0.29, 0.717) is 11.9 Å². The maximum Gasteiger partial charge on any atom is 0.133 e. The van der Waals surface area contributed by atoms with Crippen LogP contribution >= 0.6 is 27.5 Å². The van der Waals surface area contributed by atoms with Crippen LogP contribution in [0.5, 0.6) is 0 Å². The highest BCUT2D eigenvalue weighted by Gasteiger charge is 2.31. The predicted molar refractivity (Wildman–Crippen MR) is 78.3 cm³/mol. The number of hydrogen-bond donors (Lipinski definition) is 0. The van der Waals surface area contributed by atoms with Gasteiger partial charge in [-0.1, -0.05) is 0 Å². The molecule has 0 amide bonds. The summed E-state index contributed by atoms with van der Waals surface area (Å²) in [5, 5.41) is 0. The Balaban J connectivity index is 1.82. The lowest BCUT2D eigenvalue weighted by molar-refractivity contribution is 0.230. The summed E-state index contributed by atoms with van der Waals surface area (Å²) in [6.45, 7) is 4.59. The Hall–Kier alpha value is -0.320. The second kappa shape index (κ2) is 5.35. The second-order valence-electron chi connectivity index (χ2n) is 5.05. The zero-order chi connectivity index (χ0) is 12.5. The van der Waals surface area contributed by atoms with E-state index in [1.165, 1.54) is 19.4 Å². The summed E-state index contributed by atoms with van der Waals surface area (Å²) in [5.41, 5.74) is 1.12. The molecule has 1 aromatic rings. The third-order valence-corrected chi connectivity index (χ3v) is 4.66. The van der Waals surface area contributed by atoms with E-state index in [-0.39, 0.29) is 0 Å². The standard InChI is InChI=1S/C13H17BrClN3/c14-11-6-10(7-15)13(16-8-11)18-5-4-17-3-1-2-12(17)9-18/h6,8,12H,1-5,7,9H2. The topological polar surface area (TPSA) is 19.4 Å². The van der Waals surface area contributed by atoms with Crippen molar-refractivity contribution in [1.82, 2.24) is 9.88 Å².